The number of aryl methyl sites for hydroxylation is 1. The second kappa shape index (κ2) is 13.7. The lowest BCUT2D eigenvalue weighted by Crippen LogP contribution is -2.52. The number of nitrogens with zero attached hydrogens (tertiary/aromatic N) is 4. The van der Waals surface area contributed by atoms with Crippen LogP contribution in [-0.4, -0.2) is 96.2 Å². The molecular formula is C29H36F2N4O6. The summed E-state index contributed by atoms with van der Waals surface area (Å²) in [5.74, 6) is -0.140. The second-order valence-corrected chi connectivity index (χ2v) is 10.0. The first kappa shape index (κ1) is 30.2. The van der Waals surface area contributed by atoms with Crippen molar-refractivity contribution in [1.82, 2.24) is 19.4 Å². The fraction of sp³-hybridized carbons (Fsp3) is 0.448. The molecule has 10 nitrogen and oxygen atoms in total. The van der Waals surface area contributed by atoms with Gasteiger partial charge in [0, 0.05) is 51.7 Å². The topological polar surface area (TPSA) is 98.5 Å². The molecule has 222 valence electrons. The highest BCUT2D eigenvalue weighted by atomic mass is 19.2. The number of ether oxygens (including phenoxy) is 4. The first-order valence-electron chi connectivity index (χ1n) is 13.3. The summed E-state index contributed by atoms with van der Waals surface area (Å²) in [7, 11) is 3.01. The second-order valence-electron chi connectivity index (χ2n) is 10.0. The lowest BCUT2D eigenvalue weighted by molar-refractivity contribution is -0.138. The van der Waals surface area contributed by atoms with Gasteiger partial charge in [0.25, 0.3) is 0 Å². The Labute approximate surface area is 238 Å². The average Bonchev–Trinajstić information content (AvgIpc) is 3.28. The van der Waals surface area contributed by atoms with Crippen molar-refractivity contribution in [3.05, 3.63) is 71.8 Å². The van der Waals surface area contributed by atoms with Crippen molar-refractivity contribution in [2.45, 2.75) is 25.6 Å². The molecule has 2 heterocycles. The number of β-amino-alcohol motifs (C(OH)–C–C–N with tert-alkyl or cyclic N) is 1. The molecule has 3 aromatic rings. The molecule has 4 rings (SSSR count). The third-order valence-electron chi connectivity index (χ3n) is 6.86. The van der Waals surface area contributed by atoms with Crippen molar-refractivity contribution < 1.29 is 37.6 Å². The molecule has 2 aromatic carbocycles. The first-order valence-corrected chi connectivity index (χ1v) is 13.3. The molecule has 1 amide bonds. The molecule has 1 saturated heterocycles. The van der Waals surface area contributed by atoms with E-state index < -0.39 is 17.2 Å². The van der Waals surface area contributed by atoms with Gasteiger partial charge in [-0.2, -0.15) is 0 Å². The van der Waals surface area contributed by atoms with Gasteiger partial charge in [0.15, 0.2) is 23.1 Å². The van der Waals surface area contributed by atoms with Crippen molar-refractivity contribution in [3.63, 3.8) is 0 Å². The number of halogens is 2. The maximum atomic E-state index is 13.7. The molecule has 1 atom stereocenters. The van der Waals surface area contributed by atoms with Gasteiger partial charge < -0.3 is 33.5 Å². The van der Waals surface area contributed by atoms with Gasteiger partial charge in [-0.15, -0.1) is 0 Å². The van der Waals surface area contributed by atoms with Crippen LogP contribution in [0.5, 0.6) is 17.2 Å². The molecule has 0 saturated carbocycles. The number of hydrogen-bond acceptors (Lipinski definition) is 8. The summed E-state index contributed by atoms with van der Waals surface area (Å²) in [5, 5.41) is 11.6. The van der Waals surface area contributed by atoms with Crippen LogP contribution in [0, 0.1) is 18.6 Å². The summed E-state index contributed by atoms with van der Waals surface area (Å²) in [4.78, 5) is 20.4. The third-order valence-corrected chi connectivity index (χ3v) is 6.86. The van der Waals surface area contributed by atoms with Crippen molar-refractivity contribution >= 4 is 5.91 Å². The van der Waals surface area contributed by atoms with Crippen LogP contribution in [0.1, 0.15) is 11.4 Å². The highest BCUT2D eigenvalue weighted by molar-refractivity contribution is 5.77. The summed E-state index contributed by atoms with van der Waals surface area (Å²) in [6, 6.07) is 8.83. The minimum atomic E-state index is -1.50. The van der Waals surface area contributed by atoms with Gasteiger partial charge in [0.05, 0.1) is 20.2 Å². The lowest BCUT2D eigenvalue weighted by atomic mass is 10.0. The zero-order valence-corrected chi connectivity index (χ0v) is 23.5. The molecule has 1 fully saturated rings. The molecule has 1 aromatic heterocycles. The van der Waals surface area contributed by atoms with Gasteiger partial charge in [0.2, 0.25) is 5.91 Å². The van der Waals surface area contributed by atoms with Crippen LogP contribution in [0.15, 0.2) is 48.8 Å². The number of rotatable bonds is 12. The van der Waals surface area contributed by atoms with Gasteiger partial charge in [0.1, 0.15) is 37.0 Å². The van der Waals surface area contributed by atoms with Crippen LogP contribution in [-0.2, 0) is 22.6 Å². The number of aliphatic hydroxyl groups is 1. The normalized spacial score (nSPS) is 17.8. The van der Waals surface area contributed by atoms with E-state index in [0.717, 1.165) is 23.5 Å². The Bertz CT molecular complexity index is 1320. The summed E-state index contributed by atoms with van der Waals surface area (Å²) >= 11 is 0. The molecule has 0 aliphatic carbocycles. The number of imidazole rings is 1. The van der Waals surface area contributed by atoms with Crippen LogP contribution < -0.4 is 14.2 Å². The van der Waals surface area contributed by atoms with Gasteiger partial charge >= 0.3 is 0 Å². The Morgan fingerprint density at radius 2 is 1.88 bits per heavy atom. The molecule has 1 unspecified atom stereocenters. The van der Waals surface area contributed by atoms with E-state index >= 15 is 0 Å². The van der Waals surface area contributed by atoms with Crippen LogP contribution >= 0.6 is 0 Å². The number of methoxy groups -OCH3 is 2. The van der Waals surface area contributed by atoms with Gasteiger partial charge in [-0.25, -0.2) is 13.8 Å². The van der Waals surface area contributed by atoms with Crippen LogP contribution in [0.25, 0.3) is 0 Å². The smallest absolute Gasteiger partial charge is 0.248 e. The van der Waals surface area contributed by atoms with Gasteiger partial charge in [-0.1, -0.05) is 6.07 Å². The van der Waals surface area contributed by atoms with E-state index in [2.05, 4.69) is 4.98 Å². The van der Waals surface area contributed by atoms with E-state index in [9.17, 15) is 18.7 Å². The maximum Gasteiger partial charge on any atom is 0.248 e. The zero-order valence-electron chi connectivity index (χ0n) is 23.5. The summed E-state index contributed by atoms with van der Waals surface area (Å²) in [5.41, 5.74) is -0.580. The number of hydrogen-bond donors (Lipinski definition) is 1. The third kappa shape index (κ3) is 8.15. The van der Waals surface area contributed by atoms with Crippen LogP contribution in [0.4, 0.5) is 8.78 Å². The predicted molar refractivity (Wildman–Crippen MR) is 146 cm³/mol. The Hall–Kier alpha value is -3.74. The molecule has 1 N–H and O–H groups in total. The highest BCUT2D eigenvalue weighted by Crippen LogP contribution is 2.29. The number of aromatic nitrogens is 2. The molecule has 0 spiro atoms. The molecule has 1 aliphatic heterocycles. The summed E-state index contributed by atoms with van der Waals surface area (Å²) in [6.07, 6.45) is 3.64. The molecular weight excluding hydrogens is 538 g/mol. The van der Waals surface area contributed by atoms with Crippen molar-refractivity contribution in [2.24, 2.45) is 0 Å². The maximum absolute atomic E-state index is 13.7. The Morgan fingerprint density at radius 3 is 2.59 bits per heavy atom. The van der Waals surface area contributed by atoms with Crippen LogP contribution in [0.2, 0.25) is 0 Å². The lowest BCUT2D eigenvalue weighted by Gasteiger charge is -2.33. The largest absolute Gasteiger partial charge is 0.493 e. The van der Waals surface area contributed by atoms with Crippen LogP contribution in [0.3, 0.4) is 0 Å². The number of carbonyl (C=O) groups excluding carboxylic acids is 1. The monoisotopic (exact) mass is 574 g/mol. The zero-order chi connectivity index (χ0) is 29.4. The molecule has 1 aliphatic rings. The van der Waals surface area contributed by atoms with E-state index in [1.807, 2.05) is 40.8 Å². The van der Waals surface area contributed by atoms with E-state index in [1.165, 1.54) is 18.1 Å². The van der Waals surface area contributed by atoms with E-state index in [0.29, 0.717) is 44.3 Å². The number of amides is 1. The summed E-state index contributed by atoms with van der Waals surface area (Å²) in [6.45, 7) is 4.10. The number of carbonyl (C=O) groups is 1. The van der Waals surface area contributed by atoms with E-state index in [4.69, 9.17) is 18.9 Å². The van der Waals surface area contributed by atoms with Crippen molar-refractivity contribution in [1.29, 1.82) is 0 Å². The Balaban J connectivity index is 1.45. The fourth-order valence-corrected chi connectivity index (χ4v) is 4.76. The predicted octanol–water partition coefficient (Wildman–Crippen LogP) is 2.66. The molecule has 0 bridgehead atoms. The molecule has 41 heavy (non-hydrogen) atoms. The Kier molecular flexibility index (Phi) is 10.1. The minimum absolute atomic E-state index is 0.0120. The Morgan fingerprint density at radius 1 is 1.05 bits per heavy atom. The first-order chi connectivity index (χ1) is 19.7. The highest BCUT2D eigenvalue weighted by Gasteiger charge is 2.37. The van der Waals surface area contributed by atoms with Gasteiger partial charge in [-0.05, 0) is 36.8 Å². The average molecular weight is 575 g/mol. The SMILES string of the molecule is COCC(=O)N1CCN(Cc2ccc(OCCn3ccnc3C)c(OC)c2)CC(O)(COc2ccc(F)c(F)c2)C1. The van der Waals surface area contributed by atoms with Gasteiger partial charge in [-0.3, -0.25) is 9.69 Å². The number of benzene rings is 2. The standard InChI is InChI=1S/C29H36F2N4O6/c1-21-32-8-9-34(21)12-13-40-26-7-4-22(14-27(26)39-3)16-33-10-11-35(28(36)17-38-2)19-29(37,18-33)20-41-23-5-6-24(30)25(31)15-23/h4-9,14-15,37H,10-13,16-20H2,1-3H3. The van der Waals surface area contributed by atoms with Crippen molar-refractivity contribution in [2.75, 3.05) is 60.2 Å². The quantitative estimate of drug-likeness (QED) is 0.353. The van der Waals surface area contributed by atoms with E-state index in [1.54, 1.807) is 13.3 Å². The molecule has 12 heteroatoms. The van der Waals surface area contributed by atoms with E-state index in [-0.39, 0.29) is 38.0 Å². The van der Waals surface area contributed by atoms with Crippen molar-refractivity contribution in [3.8, 4) is 17.2 Å². The fourth-order valence-electron chi connectivity index (χ4n) is 4.76. The molecule has 0 radical (unpaired) electrons. The summed E-state index contributed by atoms with van der Waals surface area (Å²) < 4.78 is 51.2. The minimum Gasteiger partial charge on any atom is -0.493 e.